The number of nitrogens with two attached hydrogens (primary N) is 1. The maximum absolute atomic E-state index is 13.1. The number of hydrogen-bond donors (Lipinski definition) is 1. The summed E-state index contributed by atoms with van der Waals surface area (Å²) < 4.78 is 74.5. The summed E-state index contributed by atoms with van der Waals surface area (Å²) in [5.41, 5.74) is 4.53. The molecule has 0 fully saturated rings. The van der Waals surface area contributed by atoms with Gasteiger partial charge in [-0.05, 0) is 6.42 Å². The van der Waals surface area contributed by atoms with Gasteiger partial charge in [0.1, 0.15) is 17.5 Å². The van der Waals surface area contributed by atoms with Gasteiger partial charge in [-0.3, -0.25) is 0 Å². The maximum Gasteiger partial charge on any atom is 0.389 e. The van der Waals surface area contributed by atoms with E-state index >= 15 is 0 Å². The first-order chi connectivity index (χ1) is 7.70. The molecule has 0 bridgehead atoms. The van der Waals surface area contributed by atoms with Gasteiger partial charge in [0.05, 0.1) is 0 Å². The third-order valence-electron chi connectivity index (χ3n) is 2.15. The minimum atomic E-state index is -4.45. The highest BCUT2D eigenvalue weighted by Crippen LogP contribution is 2.29. The van der Waals surface area contributed by atoms with Crippen molar-refractivity contribution >= 4 is 0 Å². The monoisotopic (exact) mass is 257 g/mol. The van der Waals surface area contributed by atoms with Gasteiger partial charge in [0.2, 0.25) is 0 Å². The summed E-state index contributed by atoms with van der Waals surface area (Å²) in [4.78, 5) is 0. The van der Waals surface area contributed by atoms with Crippen molar-refractivity contribution in [1.29, 1.82) is 0 Å². The van der Waals surface area contributed by atoms with Crippen molar-refractivity contribution in [3.8, 4) is 0 Å². The van der Waals surface area contributed by atoms with Crippen molar-refractivity contribution in [3.05, 3.63) is 35.1 Å². The van der Waals surface area contributed by atoms with Crippen molar-refractivity contribution in [2.24, 2.45) is 5.73 Å². The normalized spacial score (nSPS) is 13.8. The van der Waals surface area contributed by atoms with E-state index in [4.69, 9.17) is 5.73 Å². The van der Waals surface area contributed by atoms with E-state index in [1.54, 1.807) is 0 Å². The van der Waals surface area contributed by atoms with E-state index in [0.717, 1.165) is 0 Å². The quantitative estimate of drug-likeness (QED) is 0.824. The average Bonchev–Trinajstić information content (AvgIpc) is 2.11. The molecule has 2 N–H and O–H groups in total. The minimum Gasteiger partial charge on any atom is -0.324 e. The highest BCUT2D eigenvalue weighted by molar-refractivity contribution is 5.23. The predicted octanol–water partition coefficient (Wildman–Crippen LogP) is 3.45. The van der Waals surface area contributed by atoms with Crippen LogP contribution in [0.1, 0.15) is 24.4 Å². The third-order valence-corrected chi connectivity index (χ3v) is 2.15. The Balaban J connectivity index is 2.86. The van der Waals surface area contributed by atoms with Crippen LogP contribution in [0.25, 0.3) is 0 Å². The topological polar surface area (TPSA) is 26.0 Å². The van der Waals surface area contributed by atoms with Crippen molar-refractivity contribution in [1.82, 2.24) is 0 Å². The Morgan fingerprint density at radius 2 is 1.53 bits per heavy atom. The molecule has 0 aliphatic heterocycles. The Morgan fingerprint density at radius 3 is 1.94 bits per heavy atom. The van der Waals surface area contributed by atoms with Gasteiger partial charge in [-0.1, -0.05) is 0 Å². The zero-order chi connectivity index (χ0) is 13.2. The van der Waals surface area contributed by atoms with Crippen molar-refractivity contribution in [2.75, 3.05) is 0 Å². The van der Waals surface area contributed by atoms with E-state index in [1.165, 1.54) is 0 Å². The molecule has 0 spiro atoms. The fourth-order valence-electron chi connectivity index (χ4n) is 1.37. The first kappa shape index (κ1) is 13.8. The zero-order valence-corrected chi connectivity index (χ0v) is 8.49. The smallest absolute Gasteiger partial charge is 0.324 e. The molecule has 1 aromatic carbocycles. The number of hydrogen-bond acceptors (Lipinski definition) is 1. The van der Waals surface area contributed by atoms with Crippen LogP contribution in [0.15, 0.2) is 12.1 Å². The zero-order valence-electron chi connectivity index (χ0n) is 8.49. The predicted molar refractivity (Wildman–Crippen MR) is 48.5 cm³/mol. The van der Waals surface area contributed by atoms with Gasteiger partial charge in [0.25, 0.3) is 0 Å². The maximum atomic E-state index is 13.1. The Kier molecular flexibility index (Phi) is 4.03. The van der Waals surface area contributed by atoms with Crippen LogP contribution < -0.4 is 5.73 Å². The van der Waals surface area contributed by atoms with Crippen LogP contribution >= 0.6 is 0 Å². The summed E-state index contributed by atoms with van der Waals surface area (Å²) in [5.74, 6) is -3.71. The Bertz CT molecular complexity index is 377. The molecule has 1 rings (SSSR count). The summed E-state index contributed by atoms with van der Waals surface area (Å²) in [6, 6.07) is -0.699. The molecule has 0 heterocycles. The molecule has 0 saturated carbocycles. The van der Waals surface area contributed by atoms with E-state index < -0.39 is 48.1 Å². The van der Waals surface area contributed by atoms with Crippen LogP contribution in [0, 0.1) is 17.5 Å². The molecular formula is C10H9F6N. The van der Waals surface area contributed by atoms with Crippen LogP contribution in [0.5, 0.6) is 0 Å². The van der Waals surface area contributed by atoms with Crippen LogP contribution in [-0.4, -0.2) is 6.18 Å². The summed E-state index contributed by atoms with van der Waals surface area (Å²) in [6.45, 7) is 0. The van der Waals surface area contributed by atoms with E-state index in [9.17, 15) is 26.3 Å². The summed E-state index contributed by atoms with van der Waals surface area (Å²) in [5, 5.41) is 0. The van der Waals surface area contributed by atoms with Gasteiger partial charge >= 0.3 is 6.18 Å². The van der Waals surface area contributed by atoms with Crippen molar-refractivity contribution in [2.45, 2.75) is 25.1 Å². The minimum absolute atomic E-state index is 0.381. The van der Waals surface area contributed by atoms with Gasteiger partial charge in [-0.15, -0.1) is 0 Å². The SMILES string of the molecule is N[C@@H](CCC(F)(F)F)c1c(F)cc(F)cc1F. The van der Waals surface area contributed by atoms with Gasteiger partial charge in [0.15, 0.2) is 0 Å². The lowest BCUT2D eigenvalue weighted by atomic mass is 10.0. The molecule has 0 aliphatic carbocycles. The van der Waals surface area contributed by atoms with Crippen LogP contribution in [-0.2, 0) is 0 Å². The molecule has 1 atom stereocenters. The molecular weight excluding hydrogens is 248 g/mol. The van der Waals surface area contributed by atoms with Crippen LogP contribution in [0.2, 0.25) is 0 Å². The Hall–Kier alpha value is -1.24. The fraction of sp³-hybridized carbons (Fsp3) is 0.400. The fourth-order valence-corrected chi connectivity index (χ4v) is 1.37. The molecule has 1 nitrogen and oxygen atoms in total. The second-order valence-corrected chi connectivity index (χ2v) is 3.54. The highest BCUT2D eigenvalue weighted by Gasteiger charge is 2.29. The second kappa shape index (κ2) is 4.95. The molecule has 0 unspecified atom stereocenters. The average molecular weight is 257 g/mol. The molecule has 0 aliphatic rings. The van der Waals surface area contributed by atoms with E-state index in [2.05, 4.69) is 0 Å². The highest BCUT2D eigenvalue weighted by atomic mass is 19.4. The summed E-state index contributed by atoms with van der Waals surface area (Å²) >= 11 is 0. The largest absolute Gasteiger partial charge is 0.389 e. The van der Waals surface area contributed by atoms with Crippen molar-refractivity contribution in [3.63, 3.8) is 0 Å². The van der Waals surface area contributed by atoms with Crippen LogP contribution in [0.3, 0.4) is 0 Å². The first-order valence-corrected chi connectivity index (χ1v) is 4.67. The molecule has 0 radical (unpaired) electrons. The Labute approximate surface area is 93.2 Å². The van der Waals surface area contributed by atoms with E-state index in [0.29, 0.717) is 12.1 Å². The standard InChI is InChI=1S/C10H9F6N/c11-5-3-6(12)9(7(13)4-5)8(17)1-2-10(14,15)16/h3-4,8H,1-2,17H2/t8-/m0/s1. The van der Waals surface area contributed by atoms with E-state index in [-0.39, 0.29) is 0 Å². The molecule has 0 saturated heterocycles. The molecule has 1 aromatic rings. The number of rotatable bonds is 3. The Morgan fingerprint density at radius 1 is 1.06 bits per heavy atom. The second-order valence-electron chi connectivity index (χ2n) is 3.54. The van der Waals surface area contributed by atoms with Gasteiger partial charge in [-0.25, -0.2) is 13.2 Å². The molecule has 17 heavy (non-hydrogen) atoms. The van der Waals surface area contributed by atoms with Gasteiger partial charge in [0, 0.05) is 30.2 Å². The lowest BCUT2D eigenvalue weighted by molar-refractivity contribution is -0.136. The van der Waals surface area contributed by atoms with Crippen molar-refractivity contribution < 1.29 is 26.3 Å². The van der Waals surface area contributed by atoms with Crippen LogP contribution in [0.4, 0.5) is 26.3 Å². The molecule has 0 amide bonds. The number of benzene rings is 1. The third kappa shape index (κ3) is 3.92. The summed E-state index contributed by atoms with van der Waals surface area (Å²) in [6.07, 6.45) is -6.38. The van der Waals surface area contributed by atoms with E-state index in [1.807, 2.05) is 0 Å². The lowest BCUT2D eigenvalue weighted by Crippen LogP contribution is -2.18. The van der Waals surface area contributed by atoms with Gasteiger partial charge in [-0.2, -0.15) is 13.2 Å². The first-order valence-electron chi connectivity index (χ1n) is 4.67. The molecule has 7 heteroatoms. The summed E-state index contributed by atoms with van der Waals surface area (Å²) in [7, 11) is 0. The van der Waals surface area contributed by atoms with Gasteiger partial charge < -0.3 is 5.73 Å². The molecule has 0 aromatic heterocycles. The number of halogens is 6. The lowest BCUT2D eigenvalue weighted by Gasteiger charge is -2.15. The molecule has 96 valence electrons. The number of alkyl halides is 3.